The van der Waals surface area contributed by atoms with Gasteiger partial charge in [0.25, 0.3) is 0 Å². The molecule has 19 heavy (non-hydrogen) atoms. The van der Waals surface area contributed by atoms with E-state index in [0.717, 1.165) is 16.5 Å². The first-order chi connectivity index (χ1) is 9.15. The van der Waals surface area contributed by atoms with Crippen LogP contribution in [0.15, 0.2) is 36.5 Å². The highest BCUT2D eigenvalue weighted by atomic mass is 16.2. The quantitative estimate of drug-likeness (QED) is 0.768. The Kier molecular flexibility index (Phi) is 2.78. The fourth-order valence-corrected chi connectivity index (χ4v) is 2.50. The molecule has 1 aromatic heterocycles. The molecule has 0 bridgehead atoms. The normalized spacial score (nSPS) is 19.4. The highest BCUT2D eigenvalue weighted by Crippen LogP contribution is 2.23. The van der Waals surface area contributed by atoms with Crippen LogP contribution in [0.1, 0.15) is 12.0 Å². The lowest BCUT2D eigenvalue weighted by atomic mass is 9.98. The Hall–Kier alpha value is -2.23. The summed E-state index contributed by atoms with van der Waals surface area (Å²) in [4.78, 5) is 29.0. The maximum atomic E-state index is 11.9. The van der Waals surface area contributed by atoms with Crippen molar-refractivity contribution in [2.75, 3.05) is 7.05 Å². The summed E-state index contributed by atoms with van der Waals surface area (Å²) >= 11 is 0. The number of fused-ring (bicyclic) bond motifs is 1. The number of nitrogens with zero attached hydrogens (tertiary/aromatic N) is 2. The zero-order valence-electron chi connectivity index (χ0n) is 10.7. The smallest absolute Gasteiger partial charge is 0.232 e. The Balaban J connectivity index is 1.86. The van der Waals surface area contributed by atoms with Gasteiger partial charge in [0, 0.05) is 25.1 Å². The Labute approximate surface area is 111 Å². The molecular weight excluding hydrogens is 240 g/mol. The van der Waals surface area contributed by atoms with E-state index in [2.05, 4.69) is 4.98 Å². The monoisotopic (exact) mass is 254 g/mol. The molecule has 1 atom stereocenters. The molecule has 3 rings (SSSR count). The molecule has 1 aromatic carbocycles. The summed E-state index contributed by atoms with van der Waals surface area (Å²) in [5, 5.41) is 1.06. The summed E-state index contributed by atoms with van der Waals surface area (Å²) in [6.45, 7) is 0. The molecule has 0 N–H and O–H groups in total. The molecule has 2 aromatic rings. The fraction of sp³-hybridized carbons (Fsp3) is 0.267. The lowest BCUT2D eigenvalue weighted by Crippen LogP contribution is -2.26. The summed E-state index contributed by atoms with van der Waals surface area (Å²) in [6.07, 6.45) is 2.67. The first-order valence-corrected chi connectivity index (χ1v) is 6.29. The number of carbonyl (C=O) groups excluding carboxylic acids is 2. The van der Waals surface area contributed by atoms with Crippen LogP contribution in [0, 0.1) is 5.92 Å². The van der Waals surface area contributed by atoms with Crippen molar-refractivity contribution in [3.8, 4) is 0 Å². The van der Waals surface area contributed by atoms with Crippen molar-refractivity contribution >= 4 is 22.7 Å². The zero-order chi connectivity index (χ0) is 13.4. The molecule has 1 unspecified atom stereocenters. The Morgan fingerprint density at radius 2 is 2.11 bits per heavy atom. The first kappa shape index (κ1) is 11.8. The molecule has 1 fully saturated rings. The maximum absolute atomic E-state index is 11.9. The van der Waals surface area contributed by atoms with Gasteiger partial charge >= 0.3 is 0 Å². The molecule has 4 heteroatoms. The number of carbonyl (C=O) groups is 2. The predicted octanol–water partition coefficient (Wildman–Crippen LogP) is 1.78. The van der Waals surface area contributed by atoms with E-state index in [9.17, 15) is 9.59 Å². The fourth-order valence-electron chi connectivity index (χ4n) is 2.50. The van der Waals surface area contributed by atoms with E-state index in [1.54, 1.807) is 13.2 Å². The second kappa shape index (κ2) is 4.46. The molecule has 2 heterocycles. The van der Waals surface area contributed by atoms with Gasteiger partial charge in [0.1, 0.15) is 0 Å². The molecule has 0 radical (unpaired) electrons. The van der Waals surface area contributed by atoms with Crippen LogP contribution in [-0.4, -0.2) is 28.7 Å². The van der Waals surface area contributed by atoms with Crippen LogP contribution in [0.4, 0.5) is 0 Å². The third kappa shape index (κ3) is 2.10. The van der Waals surface area contributed by atoms with Crippen molar-refractivity contribution in [2.24, 2.45) is 5.92 Å². The number of hydrogen-bond acceptors (Lipinski definition) is 3. The minimum atomic E-state index is -0.236. The number of likely N-dealkylation sites (tertiary alicyclic amines) is 1. The third-order valence-electron chi connectivity index (χ3n) is 3.60. The Morgan fingerprint density at radius 1 is 1.32 bits per heavy atom. The maximum Gasteiger partial charge on any atom is 0.232 e. The van der Waals surface area contributed by atoms with E-state index in [0.29, 0.717) is 12.8 Å². The third-order valence-corrected chi connectivity index (χ3v) is 3.60. The minimum Gasteiger partial charge on any atom is -0.285 e. The van der Waals surface area contributed by atoms with E-state index in [-0.39, 0.29) is 17.7 Å². The van der Waals surface area contributed by atoms with Gasteiger partial charge in [-0.15, -0.1) is 0 Å². The molecule has 1 saturated heterocycles. The van der Waals surface area contributed by atoms with Gasteiger partial charge in [0.2, 0.25) is 11.8 Å². The van der Waals surface area contributed by atoms with E-state index in [4.69, 9.17) is 0 Å². The molecule has 4 nitrogen and oxygen atoms in total. The first-order valence-electron chi connectivity index (χ1n) is 6.29. The van der Waals surface area contributed by atoms with Crippen molar-refractivity contribution in [3.63, 3.8) is 0 Å². The number of hydrogen-bond donors (Lipinski definition) is 0. The number of imide groups is 1. The zero-order valence-corrected chi connectivity index (χ0v) is 10.7. The van der Waals surface area contributed by atoms with Gasteiger partial charge in [-0.25, -0.2) is 0 Å². The van der Waals surface area contributed by atoms with Crippen molar-refractivity contribution in [1.82, 2.24) is 9.88 Å². The Morgan fingerprint density at radius 3 is 2.84 bits per heavy atom. The molecule has 0 aliphatic carbocycles. The summed E-state index contributed by atoms with van der Waals surface area (Å²) < 4.78 is 0. The number of amides is 2. The van der Waals surface area contributed by atoms with E-state index in [1.165, 1.54) is 4.90 Å². The highest BCUT2D eigenvalue weighted by Gasteiger charge is 2.35. The average molecular weight is 254 g/mol. The van der Waals surface area contributed by atoms with Crippen molar-refractivity contribution < 1.29 is 9.59 Å². The van der Waals surface area contributed by atoms with Gasteiger partial charge < -0.3 is 0 Å². The molecule has 1 aliphatic heterocycles. The van der Waals surface area contributed by atoms with Crippen LogP contribution >= 0.6 is 0 Å². The van der Waals surface area contributed by atoms with E-state index >= 15 is 0 Å². The van der Waals surface area contributed by atoms with Gasteiger partial charge in [0.05, 0.1) is 11.4 Å². The number of rotatable bonds is 2. The van der Waals surface area contributed by atoms with Crippen molar-refractivity contribution in [2.45, 2.75) is 12.8 Å². The van der Waals surface area contributed by atoms with Gasteiger partial charge in [-0.2, -0.15) is 0 Å². The van der Waals surface area contributed by atoms with E-state index < -0.39 is 0 Å². The van der Waals surface area contributed by atoms with Crippen LogP contribution in [-0.2, 0) is 16.0 Å². The Bertz CT molecular complexity index is 666. The lowest BCUT2D eigenvalue weighted by Gasteiger charge is -2.09. The van der Waals surface area contributed by atoms with Gasteiger partial charge in [-0.05, 0) is 24.1 Å². The summed E-state index contributed by atoms with van der Waals surface area (Å²) in [5.41, 5.74) is 1.94. The number of pyridine rings is 1. The van der Waals surface area contributed by atoms with Crippen LogP contribution in [0.3, 0.4) is 0 Å². The SMILES string of the molecule is CN1C(=O)CC(Cc2cnc3ccccc3c2)C1=O. The second-order valence-corrected chi connectivity index (χ2v) is 4.93. The van der Waals surface area contributed by atoms with Gasteiger partial charge in [-0.1, -0.05) is 18.2 Å². The second-order valence-electron chi connectivity index (χ2n) is 4.93. The number of aromatic nitrogens is 1. The molecule has 1 aliphatic rings. The minimum absolute atomic E-state index is 0.0850. The van der Waals surface area contributed by atoms with Gasteiger partial charge in [0.15, 0.2) is 0 Å². The molecule has 0 saturated carbocycles. The van der Waals surface area contributed by atoms with Crippen molar-refractivity contribution in [1.29, 1.82) is 0 Å². The van der Waals surface area contributed by atoms with Crippen LogP contribution in [0.25, 0.3) is 10.9 Å². The molecule has 0 spiro atoms. The van der Waals surface area contributed by atoms with E-state index in [1.807, 2.05) is 30.3 Å². The average Bonchev–Trinajstić information content (AvgIpc) is 2.66. The van der Waals surface area contributed by atoms with Crippen LogP contribution < -0.4 is 0 Å². The van der Waals surface area contributed by atoms with Crippen molar-refractivity contribution in [3.05, 3.63) is 42.1 Å². The number of benzene rings is 1. The standard InChI is InChI=1S/C15H14N2O2/c1-17-14(18)8-12(15(17)19)7-10-6-11-4-2-3-5-13(11)16-9-10/h2-6,9,12H,7-8H2,1H3. The summed E-state index contributed by atoms with van der Waals surface area (Å²) in [5.74, 6) is -0.414. The summed E-state index contributed by atoms with van der Waals surface area (Å²) in [6, 6.07) is 9.91. The topological polar surface area (TPSA) is 50.3 Å². The lowest BCUT2D eigenvalue weighted by molar-refractivity contribution is -0.137. The molecule has 96 valence electrons. The molecule has 2 amide bonds. The molecular formula is C15H14N2O2. The van der Waals surface area contributed by atoms with Crippen LogP contribution in [0.5, 0.6) is 0 Å². The van der Waals surface area contributed by atoms with Gasteiger partial charge in [-0.3, -0.25) is 19.5 Å². The summed E-state index contributed by atoms with van der Waals surface area (Å²) in [7, 11) is 1.54. The predicted molar refractivity (Wildman–Crippen MR) is 71.3 cm³/mol. The number of para-hydroxylation sites is 1. The van der Waals surface area contributed by atoms with Crippen LogP contribution in [0.2, 0.25) is 0 Å². The highest BCUT2D eigenvalue weighted by molar-refractivity contribution is 6.03. The largest absolute Gasteiger partial charge is 0.285 e.